The van der Waals surface area contributed by atoms with Crippen molar-refractivity contribution in [3.05, 3.63) is 0 Å². The topological polar surface area (TPSA) is 21.6 Å². The quantitative estimate of drug-likeness (QED) is 0.647. The Balaban J connectivity index is 2.12. The zero-order valence-electron chi connectivity index (χ0n) is 9.28. The van der Waals surface area contributed by atoms with E-state index in [0.29, 0.717) is 22.8 Å². The molecule has 4 heteroatoms. The SMILES string of the molecule is CO/N=C1\CC(C)SC2CCC(F)CC12. The molecule has 0 aromatic heterocycles. The van der Waals surface area contributed by atoms with Crippen LogP contribution in [0.3, 0.4) is 0 Å². The number of hydrogen-bond donors (Lipinski definition) is 0. The molecule has 0 radical (unpaired) electrons. The number of oxime groups is 1. The molecule has 2 fully saturated rings. The largest absolute Gasteiger partial charge is 0.399 e. The van der Waals surface area contributed by atoms with Crippen molar-refractivity contribution in [3.63, 3.8) is 0 Å². The Bertz CT molecular complexity index is 259. The Labute approximate surface area is 94.6 Å². The molecule has 1 heterocycles. The number of halogens is 1. The van der Waals surface area contributed by atoms with Gasteiger partial charge in [-0.05, 0) is 19.3 Å². The fourth-order valence-corrected chi connectivity index (χ4v) is 4.21. The van der Waals surface area contributed by atoms with Gasteiger partial charge in [-0.1, -0.05) is 12.1 Å². The summed E-state index contributed by atoms with van der Waals surface area (Å²) in [6, 6.07) is 0. The van der Waals surface area contributed by atoms with Crippen LogP contribution in [-0.2, 0) is 4.84 Å². The van der Waals surface area contributed by atoms with Crippen molar-refractivity contribution >= 4 is 17.5 Å². The first-order valence-electron chi connectivity index (χ1n) is 5.60. The van der Waals surface area contributed by atoms with Gasteiger partial charge in [-0.25, -0.2) is 4.39 Å². The summed E-state index contributed by atoms with van der Waals surface area (Å²) >= 11 is 2.00. The second-order valence-corrected chi connectivity index (χ2v) is 6.15. The summed E-state index contributed by atoms with van der Waals surface area (Å²) in [5.74, 6) is 0.315. The monoisotopic (exact) mass is 231 g/mol. The number of alkyl halides is 1. The van der Waals surface area contributed by atoms with Crippen molar-refractivity contribution in [3.8, 4) is 0 Å². The Kier molecular flexibility index (Phi) is 3.54. The Morgan fingerprint density at radius 3 is 3.00 bits per heavy atom. The summed E-state index contributed by atoms with van der Waals surface area (Å²) in [5.41, 5.74) is 1.08. The van der Waals surface area contributed by atoms with Crippen LogP contribution in [0.2, 0.25) is 0 Å². The number of nitrogens with zero attached hydrogens (tertiary/aromatic N) is 1. The van der Waals surface area contributed by atoms with Gasteiger partial charge in [-0.2, -0.15) is 11.8 Å². The first-order valence-corrected chi connectivity index (χ1v) is 6.54. The lowest BCUT2D eigenvalue weighted by molar-refractivity contribution is 0.198. The van der Waals surface area contributed by atoms with E-state index in [1.54, 1.807) is 7.11 Å². The predicted molar refractivity (Wildman–Crippen MR) is 62.1 cm³/mol. The molecule has 86 valence electrons. The molecule has 1 saturated heterocycles. The smallest absolute Gasteiger partial charge is 0.106 e. The number of thioether (sulfide) groups is 1. The predicted octanol–water partition coefficient (Wildman–Crippen LogP) is 3.02. The normalized spacial score (nSPS) is 43.8. The van der Waals surface area contributed by atoms with E-state index in [0.717, 1.165) is 25.0 Å². The summed E-state index contributed by atoms with van der Waals surface area (Å²) in [6.45, 7) is 2.22. The molecule has 1 aliphatic carbocycles. The van der Waals surface area contributed by atoms with E-state index in [4.69, 9.17) is 4.84 Å². The molecule has 1 saturated carbocycles. The lowest BCUT2D eigenvalue weighted by atomic mass is 9.82. The minimum Gasteiger partial charge on any atom is -0.399 e. The van der Waals surface area contributed by atoms with Gasteiger partial charge in [0, 0.05) is 22.8 Å². The standard InChI is InChI=1S/C11H18FNOS/c1-7-5-10(13-14-2)9-6-8(12)3-4-11(9)15-7/h7-9,11H,3-6H2,1-2H3/b13-10+. The Hall–Kier alpha value is -0.250. The third kappa shape index (κ3) is 2.47. The molecular formula is C11H18FNOS. The molecule has 0 N–H and O–H groups in total. The van der Waals surface area contributed by atoms with E-state index in [9.17, 15) is 4.39 Å². The van der Waals surface area contributed by atoms with Crippen LogP contribution < -0.4 is 0 Å². The lowest BCUT2D eigenvalue weighted by Crippen LogP contribution is -2.39. The minimum atomic E-state index is -0.637. The van der Waals surface area contributed by atoms with Crippen LogP contribution in [0.15, 0.2) is 5.16 Å². The van der Waals surface area contributed by atoms with E-state index in [-0.39, 0.29) is 0 Å². The third-order valence-corrected chi connectivity index (χ3v) is 4.81. The molecule has 2 nitrogen and oxygen atoms in total. The van der Waals surface area contributed by atoms with Gasteiger partial charge in [0.15, 0.2) is 0 Å². The maximum atomic E-state index is 13.4. The molecule has 0 bridgehead atoms. The summed E-state index contributed by atoms with van der Waals surface area (Å²) < 4.78 is 13.4. The molecule has 4 unspecified atom stereocenters. The Morgan fingerprint density at radius 2 is 2.27 bits per heavy atom. The van der Waals surface area contributed by atoms with Gasteiger partial charge in [0.2, 0.25) is 0 Å². The van der Waals surface area contributed by atoms with E-state index in [1.165, 1.54) is 0 Å². The van der Waals surface area contributed by atoms with Gasteiger partial charge >= 0.3 is 0 Å². The van der Waals surface area contributed by atoms with Crippen molar-refractivity contribution in [2.75, 3.05) is 7.11 Å². The highest BCUT2D eigenvalue weighted by atomic mass is 32.2. The minimum absolute atomic E-state index is 0.315. The van der Waals surface area contributed by atoms with Crippen LogP contribution in [0, 0.1) is 5.92 Å². The van der Waals surface area contributed by atoms with Crippen molar-refractivity contribution in [2.24, 2.45) is 11.1 Å². The van der Waals surface area contributed by atoms with Gasteiger partial charge < -0.3 is 4.84 Å². The molecule has 4 atom stereocenters. The highest BCUT2D eigenvalue weighted by molar-refractivity contribution is 8.00. The van der Waals surface area contributed by atoms with E-state index in [2.05, 4.69) is 12.1 Å². The average molecular weight is 231 g/mol. The molecule has 0 aromatic carbocycles. The fraction of sp³-hybridized carbons (Fsp3) is 0.909. The molecule has 2 aliphatic rings. The van der Waals surface area contributed by atoms with Crippen LogP contribution in [-0.4, -0.2) is 29.5 Å². The molecule has 0 aromatic rings. The summed E-state index contributed by atoms with van der Waals surface area (Å²) in [7, 11) is 1.57. The van der Waals surface area contributed by atoms with Gasteiger partial charge in [0.05, 0.1) is 5.71 Å². The maximum Gasteiger partial charge on any atom is 0.106 e. The molecule has 0 amide bonds. The van der Waals surface area contributed by atoms with Crippen LogP contribution in [0.1, 0.15) is 32.6 Å². The van der Waals surface area contributed by atoms with E-state index >= 15 is 0 Å². The summed E-state index contributed by atoms with van der Waals surface area (Å²) in [6.07, 6.45) is 2.67. The first-order chi connectivity index (χ1) is 7.20. The summed E-state index contributed by atoms with van der Waals surface area (Å²) in [5, 5.41) is 5.25. The maximum absolute atomic E-state index is 13.4. The average Bonchev–Trinajstić information content (AvgIpc) is 2.19. The lowest BCUT2D eigenvalue weighted by Gasteiger charge is -2.39. The van der Waals surface area contributed by atoms with E-state index in [1.807, 2.05) is 11.8 Å². The van der Waals surface area contributed by atoms with Crippen molar-refractivity contribution in [1.82, 2.24) is 0 Å². The second kappa shape index (κ2) is 4.73. The number of hydrogen-bond acceptors (Lipinski definition) is 3. The molecular weight excluding hydrogens is 213 g/mol. The van der Waals surface area contributed by atoms with Gasteiger partial charge in [0.25, 0.3) is 0 Å². The van der Waals surface area contributed by atoms with Crippen LogP contribution >= 0.6 is 11.8 Å². The van der Waals surface area contributed by atoms with Crippen LogP contribution in [0.4, 0.5) is 4.39 Å². The zero-order valence-corrected chi connectivity index (χ0v) is 10.1. The summed E-state index contributed by atoms with van der Waals surface area (Å²) in [4.78, 5) is 4.87. The third-order valence-electron chi connectivity index (χ3n) is 3.26. The molecule has 15 heavy (non-hydrogen) atoms. The number of fused-ring (bicyclic) bond motifs is 1. The fourth-order valence-electron chi connectivity index (χ4n) is 2.62. The molecule has 1 aliphatic heterocycles. The van der Waals surface area contributed by atoms with Crippen LogP contribution in [0.5, 0.6) is 0 Å². The van der Waals surface area contributed by atoms with E-state index < -0.39 is 6.17 Å². The van der Waals surface area contributed by atoms with Crippen molar-refractivity contribution in [1.29, 1.82) is 0 Å². The van der Waals surface area contributed by atoms with Crippen molar-refractivity contribution in [2.45, 2.75) is 49.3 Å². The van der Waals surface area contributed by atoms with Crippen molar-refractivity contribution < 1.29 is 9.23 Å². The van der Waals surface area contributed by atoms with Gasteiger partial charge in [-0.3, -0.25) is 0 Å². The van der Waals surface area contributed by atoms with Gasteiger partial charge in [0.1, 0.15) is 13.3 Å². The van der Waals surface area contributed by atoms with Crippen LogP contribution in [0.25, 0.3) is 0 Å². The Morgan fingerprint density at radius 1 is 1.47 bits per heavy atom. The highest BCUT2D eigenvalue weighted by Gasteiger charge is 2.39. The highest BCUT2D eigenvalue weighted by Crippen LogP contribution is 2.43. The molecule has 0 spiro atoms. The second-order valence-electron chi connectivity index (χ2n) is 4.47. The number of rotatable bonds is 1. The molecule has 2 rings (SSSR count). The first kappa shape index (κ1) is 11.2. The zero-order chi connectivity index (χ0) is 10.8. The van der Waals surface area contributed by atoms with Gasteiger partial charge in [-0.15, -0.1) is 0 Å².